The molecular formula is C22H26N4O3S. The zero-order valence-electron chi connectivity index (χ0n) is 18.0. The number of benzene rings is 1. The molecule has 0 saturated carbocycles. The van der Waals surface area contributed by atoms with Crippen LogP contribution in [0.5, 0.6) is 0 Å². The van der Waals surface area contributed by atoms with E-state index in [0.717, 1.165) is 22.7 Å². The fraction of sp³-hybridized carbons (Fsp3) is 0.364. The minimum atomic E-state index is -1.01. The molecule has 2 aromatic heterocycles. The van der Waals surface area contributed by atoms with E-state index in [4.69, 9.17) is 4.42 Å². The Labute approximate surface area is 180 Å². The van der Waals surface area contributed by atoms with E-state index >= 15 is 0 Å². The summed E-state index contributed by atoms with van der Waals surface area (Å²) >= 11 is 1.09. The largest absolute Gasteiger partial charge is 0.464 e. The van der Waals surface area contributed by atoms with Crippen molar-refractivity contribution in [2.75, 3.05) is 4.90 Å². The van der Waals surface area contributed by atoms with Crippen molar-refractivity contribution in [2.45, 2.75) is 53.1 Å². The third-order valence-corrected chi connectivity index (χ3v) is 5.17. The molecule has 2 heterocycles. The highest BCUT2D eigenvalue weighted by molar-refractivity contribution is 7.03. The van der Waals surface area contributed by atoms with E-state index in [2.05, 4.69) is 14.9 Å². The first-order chi connectivity index (χ1) is 14.1. The van der Waals surface area contributed by atoms with Gasteiger partial charge in [-0.3, -0.25) is 14.5 Å². The summed E-state index contributed by atoms with van der Waals surface area (Å²) in [4.78, 5) is 28.5. The number of aromatic nitrogens is 2. The van der Waals surface area contributed by atoms with Crippen LogP contribution in [0.4, 0.5) is 5.69 Å². The number of nitrogens with one attached hydrogen (secondary N) is 1. The zero-order valence-corrected chi connectivity index (χ0v) is 18.8. The lowest BCUT2D eigenvalue weighted by Gasteiger charge is -2.33. The van der Waals surface area contributed by atoms with E-state index in [1.165, 1.54) is 4.90 Å². The third-order valence-electron chi connectivity index (χ3n) is 4.67. The predicted molar refractivity (Wildman–Crippen MR) is 117 cm³/mol. The average Bonchev–Trinajstić information content (AvgIpc) is 3.32. The lowest BCUT2D eigenvalue weighted by molar-refractivity contribution is -0.124. The average molecular weight is 427 g/mol. The number of carbonyl (C=O) groups excluding carboxylic acids is 2. The molecule has 1 aromatic carbocycles. The predicted octanol–water partition coefficient (Wildman–Crippen LogP) is 4.36. The minimum absolute atomic E-state index is 0.178. The molecule has 0 bridgehead atoms. The van der Waals surface area contributed by atoms with Gasteiger partial charge in [0.1, 0.15) is 11.5 Å². The smallest absolute Gasteiger partial charge is 0.280 e. The van der Waals surface area contributed by atoms with E-state index in [0.29, 0.717) is 17.2 Å². The quantitative estimate of drug-likeness (QED) is 0.655. The first kappa shape index (κ1) is 21.7. The van der Waals surface area contributed by atoms with E-state index in [1.54, 1.807) is 24.4 Å². The van der Waals surface area contributed by atoms with Gasteiger partial charge in [-0.25, -0.2) is 0 Å². The van der Waals surface area contributed by atoms with Crippen LogP contribution in [0.15, 0.2) is 40.1 Å². The Hall–Kier alpha value is -3.00. The Morgan fingerprint density at radius 1 is 1.13 bits per heavy atom. The van der Waals surface area contributed by atoms with Gasteiger partial charge in [0.05, 0.1) is 0 Å². The summed E-state index contributed by atoms with van der Waals surface area (Å²) in [5, 5.41) is 8.51. The van der Waals surface area contributed by atoms with Crippen LogP contribution in [-0.4, -0.2) is 26.9 Å². The van der Waals surface area contributed by atoms with Crippen LogP contribution in [0, 0.1) is 20.8 Å². The number of hydrogen-bond donors (Lipinski definition) is 1. The van der Waals surface area contributed by atoms with Crippen molar-refractivity contribution < 1.29 is 14.0 Å². The molecule has 0 aliphatic heterocycles. The van der Waals surface area contributed by atoms with E-state index in [1.807, 2.05) is 52.8 Å². The molecular weight excluding hydrogens is 400 g/mol. The van der Waals surface area contributed by atoms with Crippen LogP contribution >= 0.6 is 11.5 Å². The molecule has 3 aromatic rings. The number of carbonyl (C=O) groups is 2. The van der Waals surface area contributed by atoms with Gasteiger partial charge < -0.3 is 9.73 Å². The van der Waals surface area contributed by atoms with Crippen LogP contribution in [0.1, 0.15) is 59.9 Å². The molecule has 1 N–H and O–H groups in total. The summed E-state index contributed by atoms with van der Waals surface area (Å²) in [6, 6.07) is 8.16. The van der Waals surface area contributed by atoms with E-state index < -0.39 is 17.5 Å². The maximum absolute atomic E-state index is 13.6. The number of amides is 2. The lowest BCUT2D eigenvalue weighted by Crippen LogP contribution is -2.49. The van der Waals surface area contributed by atoms with Gasteiger partial charge in [-0.2, -0.15) is 0 Å². The Kier molecular flexibility index (Phi) is 6.07. The second kappa shape index (κ2) is 8.39. The van der Waals surface area contributed by atoms with Crippen molar-refractivity contribution in [1.29, 1.82) is 0 Å². The van der Waals surface area contributed by atoms with Gasteiger partial charge >= 0.3 is 0 Å². The minimum Gasteiger partial charge on any atom is -0.464 e. The van der Waals surface area contributed by atoms with Gasteiger partial charge in [0.25, 0.3) is 11.8 Å². The fourth-order valence-corrected chi connectivity index (χ4v) is 3.59. The molecule has 0 saturated heterocycles. The van der Waals surface area contributed by atoms with Gasteiger partial charge in [-0.15, -0.1) is 5.10 Å². The number of rotatable bonds is 5. The highest BCUT2D eigenvalue weighted by Crippen LogP contribution is 2.34. The van der Waals surface area contributed by atoms with Crippen LogP contribution in [-0.2, 0) is 4.79 Å². The summed E-state index contributed by atoms with van der Waals surface area (Å²) in [5.41, 5.74) is 2.21. The Morgan fingerprint density at radius 3 is 2.43 bits per heavy atom. The number of aryl methyl sites for hydroxylation is 2. The van der Waals surface area contributed by atoms with Gasteiger partial charge in [0.2, 0.25) is 0 Å². The second-order valence-electron chi connectivity index (χ2n) is 8.27. The normalized spacial score (nSPS) is 12.5. The van der Waals surface area contributed by atoms with Crippen LogP contribution in [0.25, 0.3) is 0 Å². The SMILES string of the molecule is Cc1ccc([C@H](C(=O)NC(C)(C)C)N(C(=O)c2csnn2)c2cccc(C)c2C)o1. The van der Waals surface area contributed by atoms with Crippen molar-refractivity contribution in [3.63, 3.8) is 0 Å². The highest BCUT2D eigenvalue weighted by Gasteiger charge is 2.38. The first-order valence-corrected chi connectivity index (χ1v) is 10.5. The molecule has 0 aliphatic rings. The maximum atomic E-state index is 13.6. The molecule has 2 amide bonds. The van der Waals surface area contributed by atoms with Crippen molar-refractivity contribution in [2.24, 2.45) is 0 Å². The molecule has 0 radical (unpaired) electrons. The maximum Gasteiger partial charge on any atom is 0.280 e. The molecule has 1 atom stereocenters. The number of furan rings is 1. The number of anilines is 1. The van der Waals surface area contributed by atoms with Gasteiger partial charge in [-0.05, 0) is 82.4 Å². The molecule has 30 heavy (non-hydrogen) atoms. The number of hydrogen-bond acceptors (Lipinski definition) is 6. The van der Waals surface area contributed by atoms with Gasteiger partial charge in [-0.1, -0.05) is 16.6 Å². The van der Waals surface area contributed by atoms with Crippen molar-refractivity contribution >= 4 is 29.0 Å². The Balaban J connectivity index is 2.21. The molecule has 8 heteroatoms. The standard InChI is InChI=1S/C22H26N4O3S/c1-13-8-7-9-17(15(13)3)26(21(28)16-12-30-25-24-16)19(18-11-10-14(2)29-18)20(27)23-22(4,5)6/h7-12,19H,1-6H3,(H,23,27)/t19-/m1/s1. The Morgan fingerprint density at radius 2 is 1.87 bits per heavy atom. The monoisotopic (exact) mass is 426 g/mol. The van der Waals surface area contributed by atoms with Crippen LogP contribution in [0.3, 0.4) is 0 Å². The molecule has 0 spiro atoms. The lowest BCUT2D eigenvalue weighted by atomic mass is 10.0. The molecule has 158 valence electrons. The molecule has 7 nitrogen and oxygen atoms in total. The van der Waals surface area contributed by atoms with Gasteiger partial charge in [0.15, 0.2) is 11.7 Å². The van der Waals surface area contributed by atoms with E-state index in [9.17, 15) is 9.59 Å². The summed E-state index contributed by atoms with van der Waals surface area (Å²) < 4.78 is 9.65. The fourth-order valence-electron chi connectivity index (χ4n) is 3.16. The van der Waals surface area contributed by atoms with Gasteiger partial charge in [0, 0.05) is 16.6 Å². The van der Waals surface area contributed by atoms with Crippen molar-refractivity contribution in [3.8, 4) is 0 Å². The van der Waals surface area contributed by atoms with Crippen LogP contribution < -0.4 is 10.2 Å². The molecule has 0 aliphatic carbocycles. The van der Waals surface area contributed by atoms with Crippen molar-refractivity contribution in [3.05, 3.63) is 64.1 Å². The summed E-state index contributed by atoms with van der Waals surface area (Å²) in [6.45, 7) is 11.4. The molecule has 0 unspecified atom stereocenters. The number of nitrogens with zero attached hydrogens (tertiary/aromatic N) is 3. The third kappa shape index (κ3) is 4.59. The summed E-state index contributed by atoms with van der Waals surface area (Å²) in [6.07, 6.45) is 0. The first-order valence-electron chi connectivity index (χ1n) is 9.63. The summed E-state index contributed by atoms with van der Waals surface area (Å²) in [7, 11) is 0. The van der Waals surface area contributed by atoms with E-state index in [-0.39, 0.29) is 11.6 Å². The zero-order chi connectivity index (χ0) is 22.1. The summed E-state index contributed by atoms with van der Waals surface area (Å²) in [5.74, 6) is 0.281. The second-order valence-corrected chi connectivity index (χ2v) is 8.88. The van der Waals surface area contributed by atoms with Crippen molar-refractivity contribution in [1.82, 2.24) is 14.9 Å². The topological polar surface area (TPSA) is 88.3 Å². The molecule has 0 fully saturated rings. The van der Waals surface area contributed by atoms with Crippen LogP contribution in [0.2, 0.25) is 0 Å². The molecule has 3 rings (SSSR count). The highest BCUT2D eigenvalue weighted by atomic mass is 32.1. The Bertz CT molecular complexity index is 1050.